The number of carbonyl (C=O) groups excluding carboxylic acids is 2. The van der Waals surface area contributed by atoms with Crippen molar-refractivity contribution < 1.29 is 14.0 Å². The van der Waals surface area contributed by atoms with Crippen LogP contribution in [0, 0.1) is 5.82 Å². The first kappa shape index (κ1) is 15.7. The lowest BCUT2D eigenvalue weighted by Crippen LogP contribution is -2.35. The van der Waals surface area contributed by atoms with E-state index in [2.05, 4.69) is 17.6 Å². The Balaban J connectivity index is 1.88. The highest BCUT2D eigenvalue weighted by Gasteiger charge is 2.14. The highest BCUT2D eigenvalue weighted by atomic mass is 19.1. The van der Waals surface area contributed by atoms with Crippen molar-refractivity contribution in [3.8, 4) is 0 Å². The largest absolute Gasteiger partial charge is 0.344 e. The van der Waals surface area contributed by atoms with E-state index in [1.807, 2.05) is 24.3 Å². The molecule has 5 heteroatoms. The fraction of sp³-hybridized carbons (Fsp3) is 0.176. The highest BCUT2D eigenvalue weighted by Crippen LogP contribution is 2.12. The molecule has 2 aromatic rings. The van der Waals surface area contributed by atoms with Gasteiger partial charge in [0.05, 0.1) is 5.69 Å². The zero-order valence-corrected chi connectivity index (χ0v) is 12.2. The quantitative estimate of drug-likeness (QED) is 0.853. The number of hydrogen-bond donors (Lipinski definition) is 2. The van der Waals surface area contributed by atoms with Gasteiger partial charge < -0.3 is 10.6 Å². The van der Waals surface area contributed by atoms with Crippen LogP contribution >= 0.6 is 0 Å². The summed E-state index contributed by atoms with van der Waals surface area (Å²) < 4.78 is 13.4. The summed E-state index contributed by atoms with van der Waals surface area (Å²) in [6, 6.07) is 13.4. The number of anilines is 1. The van der Waals surface area contributed by atoms with Gasteiger partial charge in [-0.25, -0.2) is 4.39 Å². The minimum atomic E-state index is -0.893. The van der Waals surface area contributed by atoms with E-state index < -0.39 is 17.6 Å². The second kappa shape index (κ2) is 7.36. The van der Waals surface area contributed by atoms with Gasteiger partial charge in [-0.15, -0.1) is 0 Å². The molecule has 114 valence electrons. The molecule has 0 saturated heterocycles. The van der Waals surface area contributed by atoms with Crippen LogP contribution in [0.2, 0.25) is 0 Å². The van der Waals surface area contributed by atoms with E-state index in [0.29, 0.717) is 0 Å². The molecule has 22 heavy (non-hydrogen) atoms. The fourth-order valence-electron chi connectivity index (χ4n) is 1.90. The fourth-order valence-corrected chi connectivity index (χ4v) is 1.90. The van der Waals surface area contributed by atoms with Crippen LogP contribution in [0.25, 0.3) is 0 Å². The average molecular weight is 300 g/mol. The Kier molecular flexibility index (Phi) is 5.25. The van der Waals surface area contributed by atoms with E-state index in [4.69, 9.17) is 0 Å². The highest BCUT2D eigenvalue weighted by molar-refractivity contribution is 6.39. The van der Waals surface area contributed by atoms with E-state index in [1.54, 1.807) is 6.07 Å². The standard InChI is InChI=1S/C17H17FN2O2/c1-2-12-7-9-13(10-8-12)11-19-16(21)17(22)20-15-6-4-3-5-14(15)18/h3-10H,2,11H2,1H3,(H,19,21)(H,20,22). The number of rotatable bonds is 4. The van der Waals surface area contributed by atoms with E-state index in [1.165, 1.54) is 23.8 Å². The van der Waals surface area contributed by atoms with Crippen molar-refractivity contribution in [2.45, 2.75) is 19.9 Å². The Morgan fingerprint density at radius 1 is 0.955 bits per heavy atom. The Bertz CT molecular complexity index is 669. The van der Waals surface area contributed by atoms with Crippen LogP contribution in [0.3, 0.4) is 0 Å². The van der Waals surface area contributed by atoms with Crippen molar-refractivity contribution in [2.75, 3.05) is 5.32 Å². The maximum absolute atomic E-state index is 13.4. The molecule has 0 aromatic heterocycles. The third-order valence-electron chi connectivity index (χ3n) is 3.21. The third-order valence-corrected chi connectivity index (χ3v) is 3.21. The zero-order chi connectivity index (χ0) is 15.9. The molecule has 2 rings (SSSR count). The van der Waals surface area contributed by atoms with Gasteiger partial charge in [0.2, 0.25) is 0 Å². The van der Waals surface area contributed by atoms with Crippen LogP contribution in [0.15, 0.2) is 48.5 Å². The molecule has 0 aliphatic heterocycles. The lowest BCUT2D eigenvalue weighted by molar-refractivity contribution is -0.136. The van der Waals surface area contributed by atoms with Gasteiger partial charge in [0.1, 0.15) is 5.82 Å². The average Bonchev–Trinajstić information content (AvgIpc) is 2.55. The monoisotopic (exact) mass is 300 g/mol. The van der Waals surface area contributed by atoms with Gasteiger partial charge >= 0.3 is 11.8 Å². The molecule has 0 saturated carbocycles. The first-order valence-electron chi connectivity index (χ1n) is 7.01. The molecule has 0 unspecified atom stereocenters. The Morgan fingerprint density at radius 3 is 2.23 bits per heavy atom. The summed E-state index contributed by atoms with van der Waals surface area (Å²) in [5.41, 5.74) is 2.08. The van der Waals surface area contributed by atoms with E-state index >= 15 is 0 Å². The molecule has 0 spiro atoms. The lowest BCUT2D eigenvalue weighted by atomic mass is 10.1. The van der Waals surface area contributed by atoms with Crippen molar-refractivity contribution in [3.05, 3.63) is 65.5 Å². The number of para-hydroxylation sites is 1. The molecule has 0 bridgehead atoms. The van der Waals surface area contributed by atoms with Gasteiger partial charge in [-0.2, -0.15) is 0 Å². The first-order chi connectivity index (χ1) is 10.6. The van der Waals surface area contributed by atoms with Crippen LogP contribution in [-0.2, 0) is 22.6 Å². The summed E-state index contributed by atoms with van der Waals surface area (Å²) in [5, 5.41) is 4.74. The molecule has 0 aliphatic carbocycles. The van der Waals surface area contributed by atoms with E-state index in [0.717, 1.165) is 12.0 Å². The molecule has 0 fully saturated rings. The molecule has 0 heterocycles. The minimum absolute atomic E-state index is 0.0186. The maximum Gasteiger partial charge on any atom is 0.313 e. The van der Waals surface area contributed by atoms with Crippen molar-refractivity contribution in [3.63, 3.8) is 0 Å². The van der Waals surface area contributed by atoms with Gasteiger partial charge in [0.15, 0.2) is 0 Å². The molecule has 4 nitrogen and oxygen atoms in total. The summed E-state index contributed by atoms with van der Waals surface area (Å²) in [5.74, 6) is -2.28. The predicted molar refractivity (Wildman–Crippen MR) is 82.7 cm³/mol. The molecule has 0 atom stereocenters. The normalized spacial score (nSPS) is 10.1. The first-order valence-corrected chi connectivity index (χ1v) is 7.01. The molecule has 2 amide bonds. The van der Waals surface area contributed by atoms with Gasteiger partial charge in [0, 0.05) is 6.54 Å². The SMILES string of the molecule is CCc1ccc(CNC(=O)C(=O)Nc2ccccc2F)cc1. The third kappa shape index (κ3) is 4.15. The van der Waals surface area contributed by atoms with Gasteiger partial charge in [-0.05, 0) is 29.7 Å². The second-order valence-corrected chi connectivity index (χ2v) is 4.79. The van der Waals surface area contributed by atoms with Crippen LogP contribution in [0.1, 0.15) is 18.1 Å². The molecule has 0 radical (unpaired) electrons. The number of amides is 2. The predicted octanol–water partition coefficient (Wildman–Crippen LogP) is 2.64. The summed E-state index contributed by atoms with van der Waals surface area (Å²) in [7, 11) is 0. The van der Waals surface area contributed by atoms with E-state index in [-0.39, 0.29) is 12.2 Å². The summed E-state index contributed by atoms with van der Waals surface area (Å²) >= 11 is 0. The lowest BCUT2D eigenvalue weighted by Gasteiger charge is -2.07. The van der Waals surface area contributed by atoms with Crippen molar-refractivity contribution in [2.24, 2.45) is 0 Å². The number of halogens is 1. The van der Waals surface area contributed by atoms with Gasteiger partial charge in [0.25, 0.3) is 0 Å². The van der Waals surface area contributed by atoms with Crippen LogP contribution in [0.5, 0.6) is 0 Å². The van der Waals surface area contributed by atoms with Crippen molar-refractivity contribution >= 4 is 17.5 Å². The summed E-state index contributed by atoms with van der Waals surface area (Å²) in [4.78, 5) is 23.4. The topological polar surface area (TPSA) is 58.2 Å². The van der Waals surface area contributed by atoms with Crippen LogP contribution < -0.4 is 10.6 Å². The smallest absolute Gasteiger partial charge is 0.313 e. The Labute approximate surface area is 128 Å². The molecular formula is C17H17FN2O2. The number of carbonyl (C=O) groups is 2. The second-order valence-electron chi connectivity index (χ2n) is 4.79. The van der Waals surface area contributed by atoms with Crippen molar-refractivity contribution in [1.29, 1.82) is 0 Å². The van der Waals surface area contributed by atoms with Gasteiger partial charge in [-0.3, -0.25) is 9.59 Å². The van der Waals surface area contributed by atoms with Crippen LogP contribution in [0.4, 0.5) is 10.1 Å². The van der Waals surface area contributed by atoms with Crippen LogP contribution in [-0.4, -0.2) is 11.8 Å². The van der Waals surface area contributed by atoms with E-state index in [9.17, 15) is 14.0 Å². The Morgan fingerprint density at radius 2 is 1.59 bits per heavy atom. The molecule has 2 N–H and O–H groups in total. The number of aryl methyl sites for hydroxylation is 1. The molecule has 0 aliphatic rings. The van der Waals surface area contributed by atoms with Crippen molar-refractivity contribution in [1.82, 2.24) is 5.32 Å². The molecule has 2 aromatic carbocycles. The number of benzene rings is 2. The minimum Gasteiger partial charge on any atom is -0.344 e. The zero-order valence-electron chi connectivity index (χ0n) is 12.2. The number of nitrogens with one attached hydrogen (secondary N) is 2. The number of hydrogen-bond acceptors (Lipinski definition) is 2. The summed E-state index contributed by atoms with van der Waals surface area (Å²) in [6.45, 7) is 2.30. The molecular weight excluding hydrogens is 283 g/mol. The Hall–Kier alpha value is -2.69. The summed E-state index contributed by atoms with van der Waals surface area (Å²) in [6.07, 6.45) is 0.942. The maximum atomic E-state index is 13.4. The van der Waals surface area contributed by atoms with Gasteiger partial charge in [-0.1, -0.05) is 43.3 Å².